The Bertz CT molecular complexity index is 664. The number of rotatable bonds is 5. The summed E-state index contributed by atoms with van der Waals surface area (Å²) in [4.78, 5) is 2.44. The Hall–Kier alpha value is -1.69. The van der Waals surface area contributed by atoms with Gasteiger partial charge in [0.25, 0.3) is 0 Å². The molecule has 2 aromatic rings. The Balaban J connectivity index is 1.44. The van der Waals surface area contributed by atoms with Crippen LogP contribution in [0.1, 0.15) is 24.1 Å². The standard InChI is InChI=1S/C19H25N3O2/c1-21-17(8-10-20-21)12-22-13-18(19(15-22)9-5-11-24-19)23-14-16-6-3-2-4-7-16/h2-4,6-8,10,18H,5,9,11-15H2,1H3/t18-,19-/m0/s1. The normalized spacial score (nSPS) is 27.3. The van der Waals surface area contributed by atoms with E-state index in [9.17, 15) is 0 Å². The van der Waals surface area contributed by atoms with Gasteiger partial charge in [-0.1, -0.05) is 30.3 Å². The summed E-state index contributed by atoms with van der Waals surface area (Å²) in [6.45, 7) is 4.25. The zero-order chi connectivity index (χ0) is 16.4. The maximum atomic E-state index is 6.32. The first-order valence-corrected chi connectivity index (χ1v) is 8.74. The van der Waals surface area contributed by atoms with Crippen molar-refractivity contribution in [3.8, 4) is 0 Å². The molecule has 2 aliphatic heterocycles. The van der Waals surface area contributed by atoms with Crippen LogP contribution in [0.2, 0.25) is 0 Å². The molecule has 5 heteroatoms. The second-order valence-electron chi connectivity index (χ2n) is 6.92. The van der Waals surface area contributed by atoms with Crippen molar-refractivity contribution in [3.63, 3.8) is 0 Å². The van der Waals surface area contributed by atoms with E-state index in [0.29, 0.717) is 6.61 Å². The van der Waals surface area contributed by atoms with Crippen LogP contribution in [0.3, 0.4) is 0 Å². The Morgan fingerprint density at radius 3 is 2.88 bits per heavy atom. The second-order valence-corrected chi connectivity index (χ2v) is 6.92. The van der Waals surface area contributed by atoms with Crippen LogP contribution in [-0.4, -0.2) is 46.1 Å². The van der Waals surface area contributed by atoms with Gasteiger partial charge in [0.15, 0.2) is 0 Å². The Kier molecular flexibility index (Phi) is 4.39. The van der Waals surface area contributed by atoms with Crippen molar-refractivity contribution in [2.24, 2.45) is 7.05 Å². The Labute approximate surface area is 143 Å². The molecule has 0 bridgehead atoms. The minimum Gasteiger partial charge on any atom is -0.371 e. The zero-order valence-electron chi connectivity index (χ0n) is 14.2. The first kappa shape index (κ1) is 15.8. The van der Waals surface area contributed by atoms with Gasteiger partial charge in [-0.25, -0.2) is 0 Å². The SMILES string of the molecule is Cn1nccc1CN1C[C@H](OCc2ccccc2)[C@]2(CCCO2)C1. The molecular formula is C19H25N3O2. The van der Waals surface area contributed by atoms with Gasteiger partial charge in [-0.05, 0) is 24.5 Å². The van der Waals surface area contributed by atoms with Gasteiger partial charge in [0.2, 0.25) is 0 Å². The van der Waals surface area contributed by atoms with Gasteiger partial charge in [0, 0.05) is 39.5 Å². The maximum Gasteiger partial charge on any atom is 0.108 e. The summed E-state index contributed by atoms with van der Waals surface area (Å²) in [5, 5.41) is 4.27. The molecule has 0 amide bonds. The van der Waals surface area contributed by atoms with Crippen molar-refractivity contribution < 1.29 is 9.47 Å². The third-order valence-corrected chi connectivity index (χ3v) is 5.24. The molecule has 1 spiro atoms. The summed E-state index contributed by atoms with van der Waals surface area (Å²) in [6, 6.07) is 12.5. The average molecular weight is 327 g/mol. The maximum absolute atomic E-state index is 6.32. The van der Waals surface area contributed by atoms with Crippen LogP contribution in [0, 0.1) is 0 Å². The number of nitrogens with zero attached hydrogens (tertiary/aromatic N) is 3. The lowest BCUT2D eigenvalue weighted by molar-refractivity contribution is -0.0959. The van der Waals surface area contributed by atoms with E-state index in [1.807, 2.05) is 24.0 Å². The van der Waals surface area contributed by atoms with Crippen LogP contribution >= 0.6 is 0 Å². The topological polar surface area (TPSA) is 39.5 Å². The van der Waals surface area contributed by atoms with Gasteiger partial charge in [-0.3, -0.25) is 9.58 Å². The number of ether oxygens (including phenoxy) is 2. The molecule has 0 unspecified atom stereocenters. The van der Waals surface area contributed by atoms with E-state index in [0.717, 1.165) is 39.1 Å². The zero-order valence-corrected chi connectivity index (χ0v) is 14.2. The highest BCUT2D eigenvalue weighted by Gasteiger charge is 2.50. The average Bonchev–Trinajstić information content (AvgIpc) is 3.30. The fourth-order valence-electron chi connectivity index (χ4n) is 3.92. The van der Waals surface area contributed by atoms with Gasteiger partial charge < -0.3 is 9.47 Å². The second kappa shape index (κ2) is 6.67. The molecule has 1 aromatic heterocycles. The van der Waals surface area contributed by atoms with Crippen molar-refractivity contribution in [3.05, 3.63) is 53.9 Å². The van der Waals surface area contributed by atoms with E-state index in [1.165, 1.54) is 11.3 Å². The summed E-state index contributed by atoms with van der Waals surface area (Å²) < 4.78 is 14.5. The largest absolute Gasteiger partial charge is 0.371 e. The third kappa shape index (κ3) is 3.11. The van der Waals surface area contributed by atoms with Crippen molar-refractivity contribution in [1.82, 2.24) is 14.7 Å². The molecule has 24 heavy (non-hydrogen) atoms. The quantitative estimate of drug-likeness (QED) is 0.845. The lowest BCUT2D eigenvalue weighted by Gasteiger charge is -2.29. The minimum absolute atomic E-state index is 0.132. The number of likely N-dealkylation sites (tertiary alicyclic amines) is 1. The summed E-state index contributed by atoms with van der Waals surface area (Å²) in [5.41, 5.74) is 2.32. The highest BCUT2D eigenvalue weighted by atomic mass is 16.6. The third-order valence-electron chi connectivity index (χ3n) is 5.24. The number of hydrogen-bond donors (Lipinski definition) is 0. The molecular weight excluding hydrogens is 302 g/mol. The van der Waals surface area contributed by atoms with Gasteiger partial charge in [-0.15, -0.1) is 0 Å². The van der Waals surface area contributed by atoms with Crippen LogP contribution in [0.15, 0.2) is 42.6 Å². The fraction of sp³-hybridized carbons (Fsp3) is 0.526. The van der Waals surface area contributed by atoms with Crippen LogP contribution < -0.4 is 0 Å². The van der Waals surface area contributed by atoms with E-state index in [-0.39, 0.29) is 11.7 Å². The van der Waals surface area contributed by atoms with E-state index in [2.05, 4.69) is 40.3 Å². The van der Waals surface area contributed by atoms with E-state index < -0.39 is 0 Å². The molecule has 3 heterocycles. The molecule has 5 nitrogen and oxygen atoms in total. The van der Waals surface area contributed by atoms with Crippen LogP contribution in [0.25, 0.3) is 0 Å². The molecule has 0 aliphatic carbocycles. The predicted molar refractivity (Wildman–Crippen MR) is 91.4 cm³/mol. The molecule has 0 radical (unpaired) electrons. The molecule has 0 saturated carbocycles. The number of hydrogen-bond acceptors (Lipinski definition) is 4. The van der Waals surface area contributed by atoms with Crippen molar-refractivity contribution in [1.29, 1.82) is 0 Å². The van der Waals surface area contributed by atoms with Crippen LogP contribution in [-0.2, 0) is 29.7 Å². The highest BCUT2D eigenvalue weighted by molar-refractivity contribution is 5.14. The molecule has 2 fully saturated rings. The molecule has 128 valence electrons. The molecule has 0 N–H and O–H groups in total. The van der Waals surface area contributed by atoms with Crippen molar-refractivity contribution in [2.75, 3.05) is 19.7 Å². The van der Waals surface area contributed by atoms with Gasteiger partial charge in [0.05, 0.1) is 12.3 Å². The van der Waals surface area contributed by atoms with Crippen LogP contribution in [0.5, 0.6) is 0 Å². The minimum atomic E-state index is -0.132. The highest BCUT2D eigenvalue weighted by Crippen LogP contribution is 2.37. The van der Waals surface area contributed by atoms with Gasteiger partial charge >= 0.3 is 0 Å². The molecule has 2 atom stereocenters. The number of aromatic nitrogens is 2. The van der Waals surface area contributed by atoms with Crippen molar-refractivity contribution >= 4 is 0 Å². The van der Waals surface area contributed by atoms with E-state index in [1.54, 1.807) is 0 Å². The van der Waals surface area contributed by atoms with E-state index >= 15 is 0 Å². The van der Waals surface area contributed by atoms with E-state index in [4.69, 9.17) is 9.47 Å². The lowest BCUT2D eigenvalue weighted by atomic mass is 9.96. The molecule has 2 aliphatic rings. The predicted octanol–water partition coefficient (Wildman–Crippen LogP) is 2.37. The molecule has 4 rings (SSSR count). The summed E-state index contributed by atoms with van der Waals surface area (Å²) in [5.74, 6) is 0. The van der Waals surface area contributed by atoms with Crippen molar-refractivity contribution in [2.45, 2.75) is 37.7 Å². The molecule has 1 aromatic carbocycles. The first-order valence-electron chi connectivity index (χ1n) is 8.74. The Morgan fingerprint density at radius 2 is 2.17 bits per heavy atom. The lowest BCUT2D eigenvalue weighted by Crippen LogP contribution is -2.42. The van der Waals surface area contributed by atoms with Crippen LogP contribution in [0.4, 0.5) is 0 Å². The summed E-state index contributed by atoms with van der Waals surface area (Å²) >= 11 is 0. The first-order chi connectivity index (χ1) is 11.8. The molecule has 2 saturated heterocycles. The van der Waals surface area contributed by atoms with Gasteiger partial charge in [0.1, 0.15) is 11.7 Å². The number of benzene rings is 1. The monoisotopic (exact) mass is 327 g/mol. The number of aryl methyl sites for hydroxylation is 1. The Morgan fingerprint density at radius 1 is 1.29 bits per heavy atom. The van der Waals surface area contributed by atoms with Gasteiger partial charge in [-0.2, -0.15) is 5.10 Å². The summed E-state index contributed by atoms with van der Waals surface area (Å²) in [7, 11) is 2.00. The summed E-state index contributed by atoms with van der Waals surface area (Å²) in [6.07, 6.45) is 4.21. The fourth-order valence-corrected chi connectivity index (χ4v) is 3.92. The smallest absolute Gasteiger partial charge is 0.108 e.